The molecule has 1 aliphatic heterocycles. The third-order valence-electron chi connectivity index (χ3n) is 3.87. The summed E-state index contributed by atoms with van der Waals surface area (Å²) < 4.78 is 36.0. The van der Waals surface area contributed by atoms with Gasteiger partial charge in [-0.1, -0.05) is 30.3 Å². The number of nitrogens with zero attached hydrogens (tertiary/aromatic N) is 1. The standard InChI is InChI=1S/C15H19N3O7S/c1-10(16-12(19)8-11-6-4-3-5-7-11)13(20)17-15(25-2)9-18(14(15)21)26(22,23)24/h3-7,10H,8-9H2,1-2H3,(H,16,19)(H,17,20)(H,22,23,24). The molecule has 3 amide bonds. The van der Waals surface area contributed by atoms with E-state index >= 15 is 0 Å². The van der Waals surface area contributed by atoms with Gasteiger partial charge < -0.3 is 15.4 Å². The number of carbonyl (C=O) groups excluding carboxylic acids is 3. The van der Waals surface area contributed by atoms with Gasteiger partial charge in [0, 0.05) is 7.11 Å². The van der Waals surface area contributed by atoms with Gasteiger partial charge >= 0.3 is 10.3 Å². The minimum atomic E-state index is -4.72. The molecule has 11 heteroatoms. The summed E-state index contributed by atoms with van der Waals surface area (Å²) in [5, 5.41) is 4.74. The Balaban J connectivity index is 1.94. The average Bonchev–Trinajstić information content (AvgIpc) is 2.57. The molecule has 3 N–H and O–H groups in total. The zero-order valence-electron chi connectivity index (χ0n) is 14.1. The number of ether oxygens (including phenoxy) is 1. The molecule has 1 heterocycles. The number of hydrogen-bond donors (Lipinski definition) is 3. The third-order valence-corrected chi connectivity index (χ3v) is 4.72. The topological polar surface area (TPSA) is 142 Å². The van der Waals surface area contributed by atoms with Crippen LogP contribution in [0.25, 0.3) is 0 Å². The van der Waals surface area contributed by atoms with Gasteiger partial charge in [-0.15, -0.1) is 0 Å². The van der Waals surface area contributed by atoms with Crippen molar-refractivity contribution >= 4 is 28.0 Å². The normalized spacial score (nSPS) is 20.9. The van der Waals surface area contributed by atoms with E-state index in [1.165, 1.54) is 6.92 Å². The molecule has 2 rings (SSSR count). The van der Waals surface area contributed by atoms with Gasteiger partial charge in [-0.25, -0.2) is 4.31 Å². The predicted octanol–water partition coefficient (Wildman–Crippen LogP) is -1.16. The van der Waals surface area contributed by atoms with Crippen LogP contribution in [-0.4, -0.2) is 60.4 Å². The first kappa shape index (κ1) is 19.8. The van der Waals surface area contributed by atoms with E-state index in [1.807, 2.05) is 6.07 Å². The van der Waals surface area contributed by atoms with E-state index in [-0.39, 0.29) is 10.7 Å². The molecule has 0 radical (unpaired) electrons. The average molecular weight is 385 g/mol. The smallest absolute Gasteiger partial charge is 0.349 e. The zero-order chi connectivity index (χ0) is 19.5. The van der Waals surface area contributed by atoms with Gasteiger partial charge in [0.15, 0.2) is 0 Å². The molecule has 2 unspecified atom stereocenters. The minimum absolute atomic E-state index is 0.0728. The molecule has 1 fully saturated rings. The number of nitrogens with one attached hydrogen (secondary N) is 2. The summed E-state index contributed by atoms with van der Waals surface area (Å²) in [6.45, 7) is 0.836. The van der Waals surface area contributed by atoms with Crippen molar-refractivity contribution in [3.05, 3.63) is 35.9 Å². The summed E-state index contributed by atoms with van der Waals surface area (Å²) in [6.07, 6.45) is 0.0728. The van der Waals surface area contributed by atoms with Gasteiger partial charge in [-0.05, 0) is 12.5 Å². The second-order valence-corrected chi connectivity index (χ2v) is 7.10. The number of benzene rings is 1. The first-order valence-electron chi connectivity index (χ1n) is 7.59. The maximum absolute atomic E-state index is 12.2. The Hall–Kier alpha value is -2.50. The van der Waals surface area contributed by atoms with E-state index in [4.69, 9.17) is 9.29 Å². The second-order valence-electron chi connectivity index (χ2n) is 5.76. The van der Waals surface area contributed by atoms with E-state index < -0.39 is 46.3 Å². The number of carbonyl (C=O) groups is 3. The lowest BCUT2D eigenvalue weighted by Gasteiger charge is -2.45. The second kappa shape index (κ2) is 7.40. The highest BCUT2D eigenvalue weighted by Gasteiger charge is 2.58. The summed E-state index contributed by atoms with van der Waals surface area (Å²) >= 11 is 0. The van der Waals surface area contributed by atoms with Crippen LogP contribution in [0.3, 0.4) is 0 Å². The lowest BCUT2D eigenvalue weighted by Crippen LogP contribution is -2.76. The van der Waals surface area contributed by atoms with Crippen molar-refractivity contribution in [3.63, 3.8) is 0 Å². The molecule has 1 saturated heterocycles. The van der Waals surface area contributed by atoms with Crippen molar-refractivity contribution in [1.82, 2.24) is 14.9 Å². The summed E-state index contributed by atoms with van der Waals surface area (Å²) in [5.74, 6) is -2.26. The van der Waals surface area contributed by atoms with Crippen LogP contribution in [0, 0.1) is 0 Å². The van der Waals surface area contributed by atoms with Crippen LogP contribution >= 0.6 is 0 Å². The Kier molecular flexibility index (Phi) is 5.64. The fourth-order valence-electron chi connectivity index (χ4n) is 2.38. The van der Waals surface area contributed by atoms with E-state index in [0.717, 1.165) is 12.7 Å². The quantitative estimate of drug-likeness (QED) is 0.305. The van der Waals surface area contributed by atoms with Gasteiger partial charge in [0.05, 0.1) is 13.0 Å². The maximum Gasteiger partial charge on any atom is 0.362 e. The Morgan fingerprint density at radius 3 is 2.46 bits per heavy atom. The minimum Gasteiger partial charge on any atom is -0.349 e. The molecule has 0 spiro atoms. The highest BCUT2D eigenvalue weighted by Crippen LogP contribution is 2.26. The van der Waals surface area contributed by atoms with Crippen LogP contribution in [0.4, 0.5) is 0 Å². The third kappa shape index (κ3) is 4.18. The molecule has 0 aromatic heterocycles. The molecule has 1 aromatic carbocycles. The lowest BCUT2D eigenvalue weighted by atomic mass is 10.1. The molecule has 1 aliphatic rings. The van der Waals surface area contributed by atoms with Gasteiger partial charge in [0.25, 0.3) is 5.91 Å². The van der Waals surface area contributed by atoms with Gasteiger partial charge in [0.2, 0.25) is 17.5 Å². The van der Waals surface area contributed by atoms with Crippen molar-refractivity contribution in [3.8, 4) is 0 Å². The Labute approximate surface area is 150 Å². The van der Waals surface area contributed by atoms with Gasteiger partial charge in [0.1, 0.15) is 6.04 Å². The fraction of sp³-hybridized carbons (Fsp3) is 0.400. The molecule has 1 aromatic rings. The zero-order valence-corrected chi connectivity index (χ0v) is 14.9. The summed E-state index contributed by atoms with van der Waals surface area (Å²) in [4.78, 5) is 36.1. The molecule has 142 valence electrons. The molecule has 0 bridgehead atoms. The van der Waals surface area contributed by atoms with E-state index in [2.05, 4.69) is 10.6 Å². The first-order valence-corrected chi connectivity index (χ1v) is 8.99. The molecule has 0 aliphatic carbocycles. The van der Waals surface area contributed by atoms with E-state index in [1.54, 1.807) is 24.3 Å². The van der Waals surface area contributed by atoms with Crippen molar-refractivity contribution in [2.45, 2.75) is 25.1 Å². The van der Waals surface area contributed by atoms with Crippen molar-refractivity contribution in [2.24, 2.45) is 0 Å². The Morgan fingerprint density at radius 2 is 1.96 bits per heavy atom. The lowest BCUT2D eigenvalue weighted by molar-refractivity contribution is -0.180. The molecule has 0 saturated carbocycles. The SMILES string of the molecule is COC1(NC(=O)C(C)NC(=O)Cc2ccccc2)CN(S(=O)(=O)O)C1=O. The molecular weight excluding hydrogens is 366 g/mol. The number of β-lactam (4-membered cyclic amide) rings is 1. The van der Waals surface area contributed by atoms with Gasteiger partial charge in [-0.3, -0.25) is 18.9 Å². The van der Waals surface area contributed by atoms with Crippen molar-refractivity contribution in [2.75, 3.05) is 13.7 Å². The van der Waals surface area contributed by atoms with Crippen LogP contribution in [0.2, 0.25) is 0 Å². The molecular formula is C15H19N3O7S. The highest BCUT2D eigenvalue weighted by molar-refractivity contribution is 7.84. The Bertz CT molecular complexity index is 812. The number of amides is 3. The number of rotatable bonds is 7. The van der Waals surface area contributed by atoms with Crippen LogP contribution < -0.4 is 10.6 Å². The van der Waals surface area contributed by atoms with E-state index in [0.29, 0.717) is 0 Å². The van der Waals surface area contributed by atoms with Crippen molar-refractivity contribution in [1.29, 1.82) is 0 Å². The Morgan fingerprint density at radius 1 is 1.35 bits per heavy atom. The maximum atomic E-state index is 12.2. The summed E-state index contributed by atoms with van der Waals surface area (Å²) in [6, 6.07) is 7.91. The first-order chi connectivity index (χ1) is 12.1. The van der Waals surface area contributed by atoms with Crippen molar-refractivity contribution < 1.29 is 32.1 Å². The molecule has 10 nitrogen and oxygen atoms in total. The van der Waals surface area contributed by atoms with Gasteiger partial charge in [-0.2, -0.15) is 8.42 Å². The summed E-state index contributed by atoms with van der Waals surface area (Å²) in [5.41, 5.74) is -1.13. The number of hydrogen-bond acceptors (Lipinski definition) is 6. The van der Waals surface area contributed by atoms with E-state index in [9.17, 15) is 22.8 Å². The number of methoxy groups -OCH3 is 1. The molecule has 2 atom stereocenters. The van der Waals surface area contributed by atoms with Crippen LogP contribution in [0.1, 0.15) is 12.5 Å². The highest BCUT2D eigenvalue weighted by atomic mass is 32.2. The predicted molar refractivity (Wildman–Crippen MR) is 88.9 cm³/mol. The molecule has 26 heavy (non-hydrogen) atoms. The van der Waals surface area contributed by atoms with Crippen LogP contribution in [0.5, 0.6) is 0 Å². The monoisotopic (exact) mass is 385 g/mol. The van der Waals surface area contributed by atoms with Crippen LogP contribution in [0.15, 0.2) is 30.3 Å². The summed E-state index contributed by atoms with van der Waals surface area (Å²) in [7, 11) is -3.61. The fourth-order valence-corrected chi connectivity index (χ4v) is 3.08. The largest absolute Gasteiger partial charge is 0.362 e. The van der Waals surface area contributed by atoms with Crippen LogP contribution in [-0.2, 0) is 35.8 Å².